The van der Waals surface area contributed by atoms with Crippen LogP contribution in [0.2, 0.25) is 0 Å². The van der Waals surface area contributed by atoms with Crippen LogP contribution in [0.3, 0.4) is 0 Å². The highest BCUT2D eigenvalue weighted by molar-refractivity contribution is 5.91. The van der Waals surface area contributed by atoms with Gasteiger partial charge in [-0.3, -0.25) is 9.78 Å². The van der Waals surface area contributed by atoms with E-state index in [-0.39, 0.29) is 5.78 Å². The van der Waals surface area contributed by atoms with E-state index >= 15 is 0 Å². The fourth-order valence-corrected chi connectivity index (χ4v) is 1.53. The summed E-state index contributed by atoms with van der Waals surface area (Å²) in [6, 6.07) is 13.5. The molecule has 0 saturated carbocycles. The number of carbonyl (C=O) groups excluding carboxylic acids is 1. The number of nitrogens with zero attached hydrogens (tertiary/aromatic N) is 1. The van der Waals surface area contributed by atoms with Crippen molar-refractivity contribution in [3.8, 4) is 0 Å². The molecule has 0 bridgehead atoms. The van der Waals surface area contributed by atoms with Crippen LogP contribution in [0.4, 0.5) is 0 Å². The van der Waals surface area contributed by atoms with Gasteiger partial charge in [-0.25, -0.2) is 0 Å². The van der Waals surface area contributed by atoms with Crippen LogP contribution in [0.5, 0.6) is 0 Å². The van der Waals surface area contributed by atoms with Crippen LogP contribution in [-0.2, 0) is 11.2 Å². The molecule has 2 rings (SSSR count). The van der Waals surface area contributed by atoms with Crippen molar-refractivity contribution >= 4 is 11.9 Å². The van der Waals surface area contributed by atoms with Gasteiger partial charge in [0.25, 0.3) is 0 Å². The van der Waals surface area contributed by atoms with Gasteiger partial charge < -0.3 is 0 Å². The summed E-state index contributed by atoms with van der Waals surface area (Å²) in [5, 5.41) is 0. The van der Waals surface area contributed by atoms with Crippen molar-refractivity contribution in [1.29, 1.82) is 0 Å². The molecule has 0 amide bonds. The molecule has 88 valence electrons. The van der Waals surface area contributed by atoms with Crippen LogP contribution in [0.1, 0.15) is 11.1 Å². The monoisotopic (exact) mass is 235 g/mol. The van der Waals surface area contributed by atoms with Gasteiger partial charge in [0, 0.05) is 24.9 Å². The van der Waals surface area contributed by atoms with E-state index in [4.69, 9.17) is 0 Å². The third kappa shape index (κ3) is 3.85. The topological polar surface area (TPSA) is 30.0 Å². The maximum absolute atomic E-state index is 11.6. The first kappa shape index (κ1) is 12.0. The Morgan fingerprint density at radius 1 is 1.11 bits per heavy atom. The molecule has 0 saturated heterocycles. The largest absolute Gasteiger partial charge is 0.294 e. The first-order chi connectivity index (χ1) is 8.84. The molecular weight excluding hydrogens is 222 g/mol. The van der Waals surface area contributed by atoms with Gasteiger partial charge in [-0.05, 0) is 29.3 Å². The molecule has 0 atom stereocenters. The fourth-order valence-electron chi connectivity index (χ4n) is 1.53. The molecular formula is C16H13NO. The van der Waals surface area contributed by atoms with E-state index in [1.54, 1.807) is 18.5 Å². The van der Waals surface area contributed by atoms with Crippen molar-refractivity contribution < 1.29 is 4.79 Å². The molecule has 0 aliphatic carbocycles. The zero-order chi connectivity index (χ0) is 12.6. The lowest BCUT2D eigenvalue weighted by atomic mass is 10.1. The minimum absolute atomic E-state index is 0.0355. The number of hydrogen-bond acceptors (Lipinski definition) is 2. The Hall–Kier alpha value is -2.44. The Balaban J connectivity index is 1.98. The molecule has 0 radical (unpaired) electrons. The summed E-state index contributed by atoms with van der Waals surface area (Å²) < 4.78 is 0. The van der Waals surface area contributed by atoms with Gasteiger partial charge >= 0.3 is 0 Å². The second kappa shape index (κ2) is 6.33. The lowest BCUT2D eigenvalue weighted by Crippen LogP contribution is -1.97. The van der Waals surface area contributed by atoms with E-state index in [1.165, 1.54) is 6.08 Å². The smallest absolute Gasteiger partial charge is 0.167 e. The van der Waals surface area contributed by atoms with E-state index in [9.17, 15) is 4.79 Å². The van der Waals surface area contributed by atoms with E-state index in [1.807, 2.05) is 42.5 Å². The van der Waals surface area contributed by atoms with Crippen LogP contribution in [0.15, 0.2) is 66.7 Å². The molecule has 1 aromatic heterocycles. The quantitative estimate of drug-likeness (QED) is 0.602. The standard InChI is InChI=1S/C16H13NO/c18-16(13-15-9-11-17-12-10-15)8-4-7-14-5-2-1-3-6-14/h1-3,5-12H,13H2. The third-order valence-electron chi connectivity index (χ3n) is 2.42. The minimum atomic E-state index is 0.0355. The Kier molecular flexibility index (Phi) is 4.23. The second-order valence-electron chi connectivity index (χ2n) is 3.86. The Bertz CT molecular complexity index is 567. The van der Waals surface area contributed by atoms with Gasteiger partial charge in [0.05, 0.1) is 0 Å². The Morgan fingerprint density at radius 3 is 2.56 bits per heavy atom. The summed E-state index contributed by atoms with van der Waals surface area (Å²) in [6.45, 7) is 0. The SMILES string of the molecule is O=C(C=C=Cc1ccccc1)Cc1ccncc1. The molecule has 1 aromatic carbocycles. The summed E-state index contributed by atoms with van der Waals surface area (Å²) in [7, 11) is 0. The second-order valence-corrected chi connectivity index (χ2v) is 3.86. The highest BCUT2D eigenvalue weighted by Gasteiger charge is 1.97. The van der Waals surface area contributed by atoms with E-state index < -0.39 is 0 Å². The van der Waals surface area contributed by atoms with Gasteiger partial charge in [0.2, 0.25) is 0 Å². The van der Waals surface area contributed by atoms with Crippen LogP contribution in [-0.4, -0.2) is 10.8 Å². The summed E-state index contributed by atoms with van der Waals surface area (Å²) >= 11 is 0. The molecule has 0 aliphatic rings. The summed E-state index contributed by atoms with van der Waals surface area (Å²) in [6.07, 6.45) is 7.04. The van der Waals surface area contributed by atoms with Gasteiger partial charge in [0.15, 0.2) is 5.78 Å². The highest BCUT2D eigenvalue weighted by atomic mass is 16.1. The number of allylic oxidation sites excluding steroid dienone is 1. The van der Waals surface area contributed by atoms with Gasteiger partial charge in [-0.1, -0.05) is 30.3 Å². The average Bonchev–Trinajstić information content (AvgIpc) is 2.41. The van der Waals surface area contributed by atoms with Gasteiger partial charge in [-0.2, -0.15) is 0 Å². The molecule has 0 spiro atoms. The van der Waals surface area contributed by atoms with Crippen LogP contribution in [0.25, 0.3) is 6.08 Å². The number of rotatable bonds is 4. The number of pyridine rings is 1. The first-order valence-electron chi connectivity index (χ1n) is 5.74. The van der Waals surface area contributed by atoms with Crippen LogP contribution < -0.4 is 0 Å². The van der Waals surface area contributed by atoms with Crippen LogP contribution >= 0.6 is 0 Å². The zero-order valence-electron chi connectivity index (χ0n) is 9.91. The van der Waals surface area contributed by atoms with Gasteiger partial charge in [0.1, 0.15) is 0 Å². The molecule has 0 aliphatic heterocycles. The van der Waals surface area contributed by atoms with Crippen molar-refractivity contribution in [3.63, 3.8) is 0 Å². The Labute approximate surface area is 106 Å². The highest BCUT2D eigenvalue weighted by Crippen LogP contribution is 2.01. The van der Waals surface area contributed by atoms with Gasteiger partial charge in [-0.15, -0.1) is 5.73 Å². The number of aromatic nitrogens is 1. The minimum Gasteiger partial charge on any atom is -0.294 e. The summed E-state index contributed by atoms with van der Waals surface area (Å²) in [5.41, 5.74) is 4.90. The lowest BCUT2D eigenvalue weighted by molar-refractivity contribution is -0.114. The number of ketones is 1. The van der Waals surface area contributed by atoms with Crippen molar-refractivity contribution in [2.75, 3.05) is 0 Å². The molecule has 2 heteroatoms. The van der Waals surface area contributed by atoms with Crippen molar-refractivity contribution in [3.05, 3.63) is 77.8 Å². The van der Waals surface area contributed by atoms with E-state index in [2.05, 4.69) is 10.7 Å². The molecule has 2 aromatic rings. The first-order valence-corrected chi connectivity index (χ1v) is 5.74. The number of hydrogen-bond donors (Lipinski definition) is 0. The van der Waals surface area contributed by atoms with E-state index in [0.717, 1.165) is 11.1 Å². The molecule has 0 unspecified atom stereocenters. The molecule has 2 nitrogen and oxygen atoms in total. The number of benzene rings is 1. The Morgan fingerprint density at radius 2 is 1.83 bits per heavy atom. The predicted molar refractivity (Wildman–Crippen MR) is 71.9 cm³/mol. The van der Waals surface area contributed by atoms with Crippen molar-refractivity contribution in [2.24, 2.45) is 0 Å². The lowest BCUT2D eigenvalue weighted by Gasteiger charge is -1.94. The molecule has 18 heavy (non-hydrogen) atoms. The maximum atomic E-state index is 11.6. The summed E-state index contributed by atoms with van der Waals surface area (Å²) in [4.78, 5) is 15.6. The predicted octanol–water partition coefficient (Wildman–Crippen LogP) is 3.06. The van der Waals surface area contributed by atoms with Crippen LogP contribution in [0, 0.1) is 0 Å². The van der Waals surface area contributed by atoms with Crippen molar-refractivity contribution in [1.82, 2.24) is 4.98 Å². The molecule has 0 fully saturated rings. The average molecular weight is 235 g/mol. The summed E-state index contributed by atoms with van der Waals surface area (Å²) in [5.74, 6) is 0.0355. The normalized spacial score (nSPS) is 9.33. The fraction of sp³-hybridized carbons (Fsp3) is 0.0625. The van der Waals surface area contributed by atoms with E-state index in [0.29, 0.717) is 6.42 Å². The van der Waals surface area contributed by atoms with Crippen molar-refractivity contribution in [2.45, 2.75) is 6.42 Å². The number of carbonyl (C=O) groups is 1. The third-order valence-corrected chi connectivity index (χ3v) is 2.42. The maximum Gasteiger partial charge on any atom is 0.167 e. The molecule has 1 heterocycles. The zero-order valence-corrected chi connectivity index (χ0v) is 9.91. The molecule has 0 N–H and O–H groups in total.